The molecule has 220 valence electrons. The van der Waals surface area contributed by atoms with Crippen LogP contribution in [0, 0.1) is 0 Å². The second-order valence-electron chi connectivity index (χ2n) is 9.41. The molecule has 42 heavy (non-hydrogen) atoms. The van der Waals surface area contributed by atoms with E-state index in [1.54, 1.807) is 7.05 Å². The maximum absolute atomic E-state index is 13.4. The molecule has 0 radical (unpaired) electrons. The van der Waals surface area contributed by atoms with Crippen LogP contribution in [0.15, 0.2) is 63.2 Å². The number of amides is 4. The number of β-lactam (4-membered cyclic amide) rings is 1. The summed E-state index contributed by atoms with van der Waals surface area (Å²) in [7, 11) is 1.67. The van der Waals surface area contributed by atoms with Crippen molar-refractivity contribution in [3.63, 3.8) is 0 Å². The minimum atomic E-state index is -1.24. The molecule has 17 heteroatoms. The molecule has 3 aliphatic rings. The summed E-state index contributed by atoms with van der Waals surface area (Å²) in [6.07, 6.45) is 9.18. The second kappa shape index (κ2) is 12.6. The number of tetrazole rings is 1. The van der Waals surface area contributed by atoms with Crippen molar-refractivity contribution in [1.82, 2.24) is 41.1 Å². The number of aliphatic carboxylic acids is 1. The van der Waals surface area contributed by atoms with E-state index in [0.29, 0.717) is 40.5 Å². The first kappa shape index (κ1) is 29.1. The zero-order chi connectivity index (χ0) is 29.8. The quantitative estimate of drug-likeness (QED) is 0.118. The van der Waals surface area contributed by atoms with Gasteiger partial charge < -0.3 is 25.5 Å². The molecule has 4 heterocycles. The molecule has 2 aromatic heterocycles. The van der Waals surface area contributed by atoms with Crippen molar-refractivity contribution in [3.05, 3.63) is 59.2 Å². The van der Waals surface area contributed by atoms with Gasteiger partial charge in [-0.15, -0.1) is 16.9 Å². The number of hydrogen-bond donors (Lipinski definition) is 4. The number of nitrogens with zero attached hydrogens (tertiary/aromatic N) is 5. The number of carbonyl (C=O) groups is 5. The van der Waals surface area contributed by atoms with Crippen molar-refractivity contribution in [2.45, 2.75) is 35.5 Å². The lowest BCUT2D eigenvalue weighted by molar-refractivity contribution is -0.150. The van der Waals surface area contributed by atoms with Gasteiger partial charge in [0.25, 0.3) is 5.91 Å². The van der Waals surface area contributed by atoms with Crippen LogP contribution in [0.25, 0.3) is 0 Å². The van der Waals surface area contributed by atoms with Gasteiger partial charge in [-0.2, -0.15) is 0 Å². The number of fused-ring (bicyclic) bond motifs is 1. The monoisotopic (exact) mass is 614 g/mol. The Balaban J connectivity index is 1.24. The molecule has 1 fully saturated rings. The first-order valence-electron chi connectivity index (χ1n) is 12.7. The molecule has 0 bridgehead atoms. The molecular weight excluding hydrogens is 588 g/mol. The van der Waals surface area contributed by atoms with Gasteiger partial charge in [-0.05, 0) is 40.5 Å². The fourth-order valence-corrected chi connectivity index (χ4v) is 6.91. The third-order valence-corrected chi connectivity index (χ3v) is 9.14. The van der Waals surface area contributed by atoms with Crippen molar-refractivity contribution in [2.75, 3.05) is 18.1 Å². The van der Waals surface area contributed by atoms with Crippen molar-refractivity contribution in [1.29, 1.82) is 0 Å². The third kappa shape index (κ3) is 6.11. The van der Waals surface area contributed by atoms with E-state index < -0.39 is 41.3 Å². The third-order valence-electron chi connectivity index (χ3n) is 6.70. The smallest absolute Gasteiger partial charge is 0.352 e. The van der Waals surface area contributed by atoms with Crippen LogP contribution in [0.3, 0.4) is 0 Å². The molecule has 4 N–H and O–H groups in total. The molecule has 4 amide bonds. The van der Waals surface area contributed by atoms with Crippen molar-refractivity contribution >= 4 is 53.1 Å². The van der Waals surface area contributed by atoms with E-state index in [0.717, 1.165) is 0 Å². The minimum absolute atomic E-state index is 0.117. The SMILES string of the molecule is Cn1nnnc1SCC1=C(C(=O)O)N2C(=O)C(NC(=O)C(NC(=O)NCC(=O)c3ccoc3)C3=CCC=CC3)[C@@H]2SC1. The predicted octanol–water partition coefficient (Wildman–Crippen LogP) is 0.461. The molecule has 0 aromatic carbocycles. The van der Waals surface area contributed by atoms with Crippen molar-refractivity contribution < 1.29 is 33.5 Å². The van der Waals surface area contributed by atoms with Gasteiger partial charge in [-0.1, -0.05) is 30.0 Å². The normalized spacial score (nSPS) is 20.3. The fraction of sp³-hybridized carbons (Fsp3) is 0.360. The molecule has 0 spiro atoms. The summed E-state index contributed by atoms with van der Waals surface area (Å²) >= 11 is 2.59. The van der Waals surface area contributed by atoms with Gasteiger partial charge in [0.05, 0.1) is 18.4 Å². The van der Waals surface area contributed by atoms with Gasteiger partial charge >= 0.3 is 12.0 Å². The number of hydrogen-bond acceptors (Lipinski definition) is 11. The van der Waals surface area contributed by atoms with Crippen LogP contribution in [0.2, 0.25) is 0 Å². The Labute approximate surface area is 247 Å². The van der Waals surface area contributed by atoms with E-state index in [1.807, 2.05) is 18.2 Å². The average Bonchev–Trinajstić information content (AvgIpc) is 3.68. The van der Waals surface area contributed by atoms with E-state index in [2.05, 4.69) is 31.5 Å². The van der Waals surface area contributed by atoms with Crippen LogP contribution in [-0.2, 0) is 21.4 Å². The summed E-state index contributed by atoms with van der Waals surface area (Å²) in [5.74, 6) is -2.21. The second-order valence-corrected chi connectivity index (χ2v) is 11.5. The lowest BCUT2D eigenvalue weighted by atomic mass is 9.96. The van der Waals surface area contributed by atoms with E-state index in [4.69, 9.17) is 4.42 Å². The number of carbonyl (C=O) groups excluding carboxylic acids is 4. The number of aryl methyl sites for hydroxylation is 1. The number of Topliss-reactive ketones (excluding diaryl/α,β-unsaturated/α-hetero) is 1. The van der Waals surface area contributed by atoms with Crippen LogP contribution in [0.4, 0.5) is 4.79 Å². The highest BCUT2D eigenvalue weighted by Gasteiger charge is 2.54. The van der Waals surface area contributed by atoms with E-state index in [1.165, 1.54) is 51.7 Å². The summed E-state index contributed by atoms with van der Waals surface area (Å²) in [6.45, 7) is -0.314. The predicted molar refractivity (Wildman–Crippen MR) is 149 cm³/mol. The maximum Gasteiger partial charge on any atom is 0.352 e. The summed E-state index contributed by atoms with van der Waals surface area (Å²) < 4.78 is 6.34. The summed E-state index contributed by atoms with van der Waals surface area (Å²) in [5.41, 5.74) is 1.34. The zero-order valence-corrected chi connectivity index (χ0v) is 23.8. The largest absolute Gasteiger partial charge is 0.477 e. The topological polar surface area (TPSA) is 202 Å². The first-order valence-corrected chi connectivity index (χ1v) is 14.8. The van der Waals surface area contributed by atoms with E-state index in [9.17, 15) is 29.1 Å². The lowest BCUT2D eigenvalue weighted by Crippen LogP contribution is -2.71. The Kier molecular flexibility index (Phi) is 8.77. The highest BCUT2D eigenvalue weighted by Crippen LogP contribution is 2.41. The minimum Gasteiger partial charge on any atom is -0.477 e. The zero-order valence-electron chi connectivity index (χ0n) is 22.2. The summed E-state index contributed by atoms with van der Waals surface area (Å²) in [6, 6.07) is -1.37. The number of allylic oxidation sites excluding steroid dienone is 3. The van der Waals surface area contributed by atoms with E-state index >= 15 is 0 Å². The number of nitrogens with one attached hydrogen (secondary N) is 3. The standard InChI is InChI=1S/C25H26N8O7S2/c1-32-25(29-30-31-32)42-12-15-11-41-22-18(21(36)33(22)19(15)23(37)38)27-20(35)17(13-5-3-2-4-6-13)28-24(39)26-9-16(34)14-7-8-40-10-14/h2-3,6-8,10,17-18,22H,4-5,9,11-12H2,1H3,(H,27,35)(H,37,38)(H2,26,28,39)/t17?,18?,22-/m0/s1. The number of furan rings is 1. The Morgan fingerprint density at radius 1 is 1.29 bits per heavy atom. The Morgan fingerprint density at radius 3 is 2.79 bits per heavy atom. The number of rotatable bonds is 11. The number of carboxylic acid groups (broad SMARTS) is 1. The molecule has 1 aliphatic carbocycles. The Hall–Kier alpha value is -4.38. The molecule has 1 saturated heterocycles. The Morgan fingerprint density at radius 2 is 2.12 bits per heavy atom. The van der Waals surface area contributed by atoms with Crippen LogP contribution < -0.4 is 16.0 Å². The molecular formula is C25H26N8O7S2. The number of urea groups is 1. The first-order chi connectivity index (χ1) is 20.2. The van der Waals surface area contributed by atoms with Gasteiger partial charge in [0.2, 0.25) is 11.1 Å². The number of carboxylic acids is 1. The van der Waals surface area contributed by atoms with Gasteiger partial charge in [0.1, 0.15) is 29.4 Å². The van der Waals surface area contributed by atoms with Crippen LogP contribution in [-0.4, -0.2) is 95.3 Å². The van der Waals surface area contributed by atoms with Crippen LogP contribution in [0.5, 0.6) is 0 Å². The number of aromatic nitrogens is 4. The fourth-order valence-electron chi connectivity index (χ4n) is 4.57. The highest BCUT2D eigenvalue weighted by atomic mass is 32.2. The molecule has 2 aliphatic heterocycles. The molecule has 5 rings (SSSR count). The molecule has 2 unspecified atom stereocenters. The van der Waals surface area contributed by atoms with Crippen LogP contribution >= 0.6 is 23.5 Å². The molecule has 15 nitrogen and oxygen atoms in total. The number of thioether (sulfide) groups is 2. The van der Waals surface area contributed by atoms with Gasteiger partial charge in [-0.25, -0.2) is 14.3 Å². The van der Waals surface area contributed by atoms with Gasteiger partial charge in [0.15, 0.2) is 5.78 Å². The lowest BCUT2D eigenvalue weighted by Gasteiger charge is -2.49. The molecule has 2 aromatic rings. The van der Waals surface area contributed by atoms with Crippen LogP contribution in [0.1, 0.15) is 23.2 Å². The summed E-state index contributed by atoms with van der Waals surface area (Å²) in [5, 5.41) is 28.8. The Bertz CT molecular complexity index is 1500. The van der Waals surface area contributed by atoms with Gasteiger partial charge in [0, 0.05) is 18.6 Å². The average molecular weight is 615 g/mol. The van der Waals surface area contributed by atoms with Crippen molar-refractivity contribution in [2.24, 2.45) is 7.05 Å². The van der Waals surface area contributed by atoms with Crippen molar-refractivity contribution in [3.8, 4) is 0 Å². The van der Waals surface area contributed by atoms with Gasteiger partial charge in [-0.3, -0.25) is 19.3 Å². The molecule has 0 saturated carbocycles. The van der Waals surface area contributed by atoms with E-state index in [-0.39, 0.29) is 23.8 Å². The maximum atomic E-state index is 13.4. The summed E-state index contributed by atoms with van der Waals surface area (Å²) in [4.78, 5) is 64.9. The highest BCUT2D eigenvalue weighted by molar-refractivity contribution is 8.01. The number of ketones is 1. The molecule has 3 atom stereocenters.